The van der Waals surface area contributed by atoms with E-state index >= 15 is 0 Å². The first-order valence-electron chi connectivity index (χ1n) is 13.0. The lowest BCUT2D eigenvalue weighted by molar-refractivity contribution is -0.144. The number of rotatable bonds is 18. The molecule has 0 saturated carbocycles. The highest BCUT2D eigenvalue weighted by Gasteiger charge is 2.16. The fourth-order valence-electron chi connectivity index (χ4n) is 3.51. The van der Waals surface area contributed by atoms with Crippen molar-refractivity contribution in [3.05, 3.63) is 18.2 Å². The van der Waals surface area contributed by atoms with Gasteiger partial charge in [0.05, 0.1) is 25.0 Å². The van der Waals surface area contributed by atoms with Crippen LogP contribution < -0.4 is 15.0 Å². The van der Waals surface area contributed by atoms with E-state index in [9.17, 15) is 14.4 Å². The minimum absolute atomic E-state index is 0.0351. The van der Waals surface area contributed by atoms with Gasteiger partial charge in [-0.15, -0.1) is 0 Å². The number of hydrogen-bond acceptors (Lipinski definition) is 7. The van der Waals surface area contributed by atoms with Gasteiger partial charge in [0.2, 0.25) is 5.91 Å². The van der Waals surface area contributed by atoms with Crippen LogP contribution >= 0.6 is 0 Å². The molecule has 1 rings (SSSR count). The van der Waals surface area contributed by atoms with Crippen LogP contribution in [-0.4, -0.2) is 50.3 Å². The van der Waals surface area contributed by atoms with E-state index in [0.717, 1.165) is 31.4 Å². The van der Waals surface area contributed by atoms with Gasteiger partial charge < -0.3 is 24.4 Å². The third-order valence-electron chi connectivity index (χ3n) is 5.40. The van der Waals surface area contributed by atoms with Crippen molar-refractivity contribution < 1.29 is 28.6 Å². The van der Waals surface area contributed by atoms with Gasteiger partial charge in [-0.25, -0.2) is 0 Å². The summed E-state index contributed by atoms with van der Waals surface area (Å²) in [6, 6.07) is 5.69. The minimum Gasteiger partial charge on any atom is -0.488 e. The molecule has 1 N–H and O–H groups in total. The van der Waals surface area contributed by atoms with Crippen LogP contribution in [0.3, 0.4) is 0 Å². The van der Waals surface area contributed by atoms with Gasteiger partial charge in [-0.1, -0.05) is 27.7 Å². The Labute approximate surface area is 210 Å². The fraction of sp³-hybridized carbons (Fsp3) is 0.667. The second-order valence-corrected chi connectivity index (χ2v) is 8.55. The second-order valence-electron chi connectivity index (χ2n) is 8.55. The number of nitrogens with zero attached hydrogens (tertiary/aromatic N) is 1. The Kier molecular flexibility index (Phi) is 15.2. The summed E-state index contributed by atoms with van der Waals surface area (Å²) in [6.45, 7) is 11.6. The van der Waals surface area contributed by atoms with Crippen molar-refractivity contribution in [1.29, 1.82) is 0 Å². The van der Waals surface area contributed by atoms with Gasteiger partial charge in [0.1, 0.15) is 5.75 Å². The van der Waals surface area contributed by atoms with E-state index in [4.69, 9.17) is 14.2 Å². The number of benzene rings is 1. The van der Waals surface area contributed by atoms with Crippen molar-refractivity contribution in [3.8, 4) is 5.75 Å². The van der Waals surface area contributed by atoms with E-state index in [1.807, 2.05) is 32.0 Å². The molecule has 1 amide bonds. The van der Waals surface area contributed by atoms with Gasteiger partial charge in [-0.05, 0) is 50.7 Å². The average molecular weight is 493 g/mol. The van der Waals surface area contributed by atoms with Crippen LogP contribution in [0.1, 0.15) is 86.0 Å². The highest BCUT2D eigenvalue weighted by Crippen LogP contribution is 2.32. The Hall–Kier alpha value is -2.77. The van der Waals surface area contributed by atoms with Crippen LogP contribution in [0.25, 0.3) is 0 Å². The first kappa shape index (κ1) is 30.3. The molecule has 0 aliphatic rings. The topological polar surface area (TPSA) is 94.2 Å². The van der Waals surface area contributed by atoms with Gasteiger partial charge in [0.25, 0.3) is 0 Å². The van der Waals surface area contributed by atoms with Gasteiger partial charge in [-0.3, -0.25) is 14.4 Å². The van der Waals surface area contributed by atoms with Crippen molar-refractivity contribution in [2.75, 3.05) is 36.5 Å². The summed E-state index contributed by atoms with van der Waals surface area (Å²) in [5.74, 6) is 0.0451. The standard InChI is InChI=1S/C27H44N2O6/c1-6-18-33-26(31)12-10-16-29(17-11-13-27(32)34-19-7-2)22-14-15-24(28-21(5)30)25(20-22)35-23(8-3)9-4/h14-15,20,23H,6-13,16-19H2,1-5H3,(H,28,30). The lowest BCUT2D eigenvalue weighted by Gasteiger charge is -2.27. The maximum Gasteiger partial charge on any atom is 0.305 e. The molecule has 35 heavy (non-hydrogen) atoms. The summed E-state index contributed by atoms with van der Waals surface area (Å²) in [7, 11) is 0. The average Bonchev–Trinajstić information content (AvgIpc) is 2.84. The number of carbonyl (C=O) groups is 3. The molecule has 0 fully saturated rings. The number of carbonyl (C=O) groups excluding carboxylic acids is 3. The van der Waals surface area contributed by atoms with E-state index in [-0.39, 0.29) is 23.9 Å². The molecule has 0 radical (unpaired) electrons. The van der Waals surface area contributed by atoms with Crippen LogP contribution in [0.4, 0.5) is 11.4 Å². The molecule has 1 aromatic carbocycles. The van der Waals surface area contributed by atoms with E-state index in [2.05, 4.69) is 24.1 Å². The molecule has 0 aromatic heterocycles. The van der Waals surface area contributed by atoms with Crippen LogP contribution in [0.2, 0.25) is 0 Å². The van der Waals surface area contributed by atoms with Crippen LogP contribution in [0.5, 0.6) is 5.75 Å². The lowest BCUT2D eigenvalue weighted by atomic mass is 10.1. The Morgan fingerprint density at radius 1 is 0.886 bits per heavy atom. The Balaban J connectivity index is 3.02. The predicted molar refractivity (Wildman–Crippen MR) is 139 cm³/mol. The smallest absolute Gasteiger partial charge is 0.305 e. The summed E-state index contributed by atoms with van der Waals surface area (Å²) >= 11 is 0. The summed E-state index contributed by atoms with van der Waals surface area (Å²) in [6.07, 6.45) is 5.24. The normalized spacial score (nSPS) is 10.7. The van der Waals surface area contributed by atoms with Gasteiger partial charge >= 0.3 is 11.9 Å². The largest absolute Gasteiger partial charge is 0.488 e. The quantitative estimate of drug-likeness (QED) is 0.271. The highest BCUT2D eigenvalue weighted by molar-refractivity contribution is 5.90. The van der Waals surface area contributed by atoms with Crippen LogP contribution in [0.15, 0.2) is 18.2 Å². The zero-order valence-corrected chi connectivity index (χ0v) is 22.2. The number of anilines is 2. The van der Waals surface area contributed by atoms with Crippen LogP contribution in [0, 0.1) is 0 Å². The Morgan fingerprint density at radius 2 is 1.43 bits per heavy atom. The lowest BCUT2D eigenvalue weighted by Crippen LogP contribution is -2.27. The predicted octanol–water partition coefficient (Wildman–Crippen LogP) is 5.49. The highest BCUT2D eigenvalue weighted by atomic mass is 16.5. The number of esters is 2. The molecule has 8 nitrogen and oxygen atoms in total. The van der Waals surface area contributed by atoms with Crippen molar-refractivity contribution in [2.24, 2.45) is 0 Å². The summed E-state index contributed by atoms with van der Waals surface area (Å²) in [5, 5.41) is 2.84. The minimum atomic E-state index is -0.200. The maximum atomic E-state index is 12.0. The van der Waals surface area contributed by atoms with Crippen molar-refractivity contribution >= 4 is 29.2 Å². The SMILES string of the molecule is CCCOC(=O)CCCN(CCCC(=O)OCCC)c1ccc(NC(C)=O)c(OC(CC)CC)c1. The molecule has 0 bridgehead atoms. The molecule has 0 atom stereocenters. The first-order valence-corrected chi connectivity index (χ1v) is 13.0. The third kappa shape index (κ3) is 12.5. The van der Waals surface area contributed by atoms with Gasteiger partial charge in [0.15, 0.2) is 0 Å². The molecule has 0 saturated heterocycles. The molecular weight excluding hydrogens is 448 g/mol. The van der Waals surface area contributed by atoms with E-state index < -0.39 is 0 Å². The van der Waals surface area contributed by atoms with Gasteiger partial charge in [0, 0.05) is 44.6 Å². The van der Waals surface area contributed by atoms with E-state index in [1.54, 1.807) is 0 Å². The molecule has 0 aliphatic heterocycles. The summed E-state index contributed by atoms with van der Waals surface area (Å²) in [5.41, 5.74) is 1.53. The second kappa shape index (κ2) is 17.6. The van der Waals surface area contributed by atoms with E-state index in [0.29, 0.717) is 63.4 Å². The monoisotopic (exact) mass is 492 g/mol. The maximum absolute atomic E-state index is 12.0. The fourth-order valence-corrected chi connectivity index (χ4v) is 3.51. The van der Waals surface area contributed by atoms with Crippen molar-refractivity contribution in [1.82, 2.24) is 0 Å². The Morgan fingerprint density at radius 3 is 1.89 bits per heavy atom. The molecule has 0 spiro atoms. The molecule has 0 unspecified atom stereocenters. The van der Waals surface area contributed by atoms with Crippen molar-refractivity contribution in [2.45, 2.75) is 92.1 Å². The zero-order valence-electron chi connectivity index (χ0n) is 22.2. The molecular formula is C27H44N2O6. The summed E-state index contributed by atoms with van der Waals surface area (Å²) < 4.78 is 16.6. The third-order valence-corrected chi connectivity index (χ3v) is 5.40. The first-order chi connectivity index (χ1) is 16.8. The summed E-state index contributed by atoms with van der Waals surface area (Å²) in [4.78, 5) is 37.7. The molecule has 1 aromatic rings. The molecule has 0 aliphatic carbocycles. The van der Waals surface area contributed by atoms with Gasteiger partial charge in [-0.2, -0.15) is 0 Å². The Bertz CT molecular complexity index is 753. The number of amides is 1. The molecule has 8 heteroatoms. The van der Waals surface area contributed by atoms with Crippen LogP contribution in [-0.2, 0) is 23.9 Å². The zero-order chi connectivity index (χ0) is 26.1. The van der Waals surface area contributed by atoms with E-state index in [1.165, 1.54) is 6.92 Å². The molecule has 0 heterocycles. The number of nitrogens with one attached hydrogen (secondary N) is 1. The molecule has 198 valence electrons. The number of hydrogen-bond donors (Lipinski definition) is 1. The van der Waals surface area contributed by atoms with Crippen molar-refractivity contribution in [3.63, 3.8) is 0 Å². The number of ether oxygens (including phenoxy) is 3.